The average molecular weight is 840 g/mol. The summed E-state index contributed by atoms with van der Waals surface area (Å²) in [7, 11) is 7.26. The Kier molecular flexibility index (Phi) is 222. The maximum atomic E-state index is 8.36. The van der Waals surface area contributed by atoms with Crippen molar-refractivity contribution >= 4 is 24.2 Å². The van der Waals surface area contributed by atoms with Crippen molar-refractivity contribution in [2.24, 2.45) is 0 Å². The maximum absolute atomic E-state index is 8.36. The fraction of sp³-hybridized carbons (Fsp3) is 1.00. The van der Waals surface area contributed by atoms with E-state index in [0.29, 0.717) is 19.8 Å². The first-order valence-corrected chi connectivity index (χ1v) is 17.0. The smallest absolute Gasteiger partial charge is 0.455 e. The molecular weight excluding hydrogens is 762 g/mol. The molecule has 292 valence electrons. The van der Waals surface area contributed by atoms with Crippen molar-refractivity contribution in [1.29, 1.82) is 0 Å². The monoisotopic (exact) mass is 838 g/mol. The van der Waals surface area contributed by atoms with E-state index in [1.54, 1.807) is 34.6 Å². The second-order valence-electron chi connectivity index (χ2n) is 5.49. The first-order valence-electron chi connectivity index (χ1n) is 14.0. The summed E-state index contributed by atoms with van der Waals surface area (Å²) in [5.41, 5.74) is 0. The van der Waals surface area contributed by atoms with Crippen LogP contribution in [0.4, 0.5) is 0 Å². The third-order valence-corrected chi connectivity index (χ3v) is 6.32. The van der Waals surface area contributed by atoms with Crippen molar-refractivity contribution in [1.82, 2.24) is 0 Å². The molecule has 0 radical (unpaired) electrons. The molecule has 0 aliphatic rings. The third kappa shape index (κ3) is 150. The van der Waals surface area contributed by atoms with Crippen LogP contribution in [-0.2, 0) is 77.0 Å². The summed E-state index contributed by atoms with van der Waals surface area (Å²) in [5.74, 6) is 0. The Hall–Kier alpha value is 1.71. The van der Waals surface area contributed by atoms with Crippen LogP contribution in [0.3, 0.4) is 0 Å². The zero-order chi connectivity index (χ0) is 38.3. The van der Waals surface area contributed by atoms with Crippen LogP contribution in [-0.4, -0.2) is 179 Å². The molecule has 16 nitrogen and oxygen atoms in total. The minimum atomic E-state index is -2.69. The van der Waals surface area contributed by atoms with Gasteiger partial charge in [0.25, 0.3) is 0 Å². The van der Waals surface area contributed by atoms with Crippen molar-refractivity contribution in [2.75, 3.05) is 103 Å². The van der Waals surface area contributed by atoms with Crippen LogP contribution < -0.4 is 0 Å². The predicted octanol–water partition coefficient (Wildman–Crippen LogP) is 0.289. The van der Waals surface area contributed by atoms with Gasteiger partial charge in [0.15, 0.2) is 0 Å². The minimum Gasteiger partial charge on any atom is -0.455 e. The van der Waals surface area contributed by atoms with E-state index in [0.717, 1.165) is 34.9 Å². The van der Waals surface area contributed by atoms with Crippen LogP contribution in [0.2, 0.25) is 0 Å². The van der Waals surface area contributed by atoms with Gasteiger partial charge in [-0.2, -0.15) is 0 Å². The summed E-state index contributed by atoms with van der Waals surface area (Å²) in [6.45, 7) is 19.3. The molecule has 0 heterocycles. The molecule has 0 amide bonds. The number of aliphatic hydroxyl groups excluding tert-OH is 9. The van der Waals surface area contributed by atoms with Gasteiger partial charge < -0.3 is 75.0 Å². The maximum Gasteiger partial charge on any atom is 0.905 e. The zero-order valence-corrected chi connectivity index (χ0v) is 38.4. The fourth-order valence-corrected chi connectivity index (χ4v) is 3.16. The second kappa shape index (κ2) is 118. The Bertz CT molecular complexity index is 277. The van der Waals surface area contributed by atoms with E-state index in [1.807, 2.05) is 27.7 Å². The molecule has 9 N–H and O–H groups in total. The largest absolute Gasteiger partial charge is 0.905 e. The average Bonchev–Trinajstić information content (AvgIpc) is 3.05. The van der Waals surface area contributed by atoms with E-state index in [2.05, 4.69) is 0 Å². The summed E-state index contributed by atoms with van der Waals surface area (Å²) in [5, 5.41) is 66.6. The summed E-state index contributed by atoms with van der Waals surface area (Å²) in [4.78, 5) is 0. The van der Waals surface area contributed by atoms with Crippen LogP contribution in [0.1, 0.15) is 68.7 Å². The molecule has 0 saturated carbocycles. The van der Waals surface area contributed by atoms with Gasteiger partial charge in [0.1, 0.15) is 0 Å². The van der Waals surface area contributed by atoms with Gasteiger partial charge in [-0.05, 0) is 61.8 Å². The van der Waals surface area contributed by atoms with Crippen LogP contribution >= 0.6 is 0 Å². The number of hydrogen-bond acceptors (Lipinski definition) is 16. The number of rotatable bonds is 11. The molecule has 0 bridgehead atoms. The molecule has 0 saturated heterocycles. The van der Waals surface area contributed by atoms with Crippen molar-refractivity contribution in [3.05, 3.63) is 0 Å². The minimum absolute atomic E-state index is 0. The van der Waals surface area contributed by atoms with Crippen molar-refractivity contribution in [3.63, 3.8) is 0 Å². The molecule has 0 spiro atoms. The number of aliphatic hydroxyl groups is 9. The summed E-state index contributed by atoms with van der Waals surface area (Å²) < 4.78 is 35.1. The SMILES string of the molecule is CCC(C)O.CCO.CCO.CCO.CCO.CC[O][Al]([O]CC)[O]CC.CO.CO.CO.CO.CO[Si](OC)(OC)OC.[Ti].[Zr]. The standard InChI is InChI=1S/C4H12O4Si.C4H10O.4C2H6O.3C2H5O.4CH4O.Al.Ti.Zr/c1-5-9(6-2,7-3)8-4;1-3-4(2)5;7*1-2-3;4*1-2;;;/h1-4H3;4-5H,3H2,1-2H3;4*3H,2H2,1H3;3*2H2,1H3;4*2H,1H3;;;/q;;;;;;3*-1;;;;;+3;;. The molecule has 0 aliphatic heterocycles. The molecular formula is C26H77AlO16SiTiZr. The summed E-state index contributed by atoms with van der Waals surface area (Å²) in [6, 6.07) is 0. The Balaban J connectivity index is -0.0000000252. The Labute approximate surface area is 323 Å². The van der Waals surface area contributed by atoms with E-state index >= 15 is 0 Å². The van der Waals surface area contributed by atoms with E-state index in [9.17, 15) is 0 Å². The predicted molar refractivity (Wildman–Crippen MR) is 180 cm³/mol. The molecule has 0 aromatic carbocycles. The number of hydrogen-bond donors (Lipinski definition) is 9. The molecule has 46 heavy (non-hydrogen) atoms. The first kappa shape index (κ1) is 86.4. The van der Waals surface area contributed by atoms with E-state index in [-0.39, 0.29) is 80.5 Å². The summed E-state index contributed by atoms with van der Waals surface area (Å²) in [6.07, 6.45) is 0.745. The van der Waals surface area contributed by atoms with Crippen molar-refractivity contribution < 1.29 is 123 Å². The van der Waals surface area contributed by atoms with E-state index in [4.69, 9.17) is 75.0 Å². The third-order valence-electron chi connectivity index (χ3n) is 2.50. The fourth-order valence-electron chi connectivity index (χ4n) is 1.05. The van der Waals surface area contributed by atoms with E-state index in [1.165, 1.54) is 28.4 Å². The molecule has 0 aromatic rings. The van der Waals surface area contributed by atoms with E-state index < -0.39 is 24.2 Å². The second-order valence-corrected chi connectivity index (χ2v) is 9.70. The van der Waals surface area contributed by atoms with Crippen LogP contribution in [0.5, 0.6) is 0 Å². The van der Waals surface area contributed by atoms with Crippen LogP contribution in [0.25, 0.3) is 0 Å². The van der Waals surface area contributed by atoms with Gasteiger partial charge in [-0.1, -0.05) is 6.92 Å². The molecule has 0 fully saturated rings. The normalized spacial score (nSPS) is 8.22. The Morgan fingerprint density at radius 3 is 0.674 bits per heavy atom. The van der Waals surface area contributed by atoms with Gasteiger partial charge in [0.05, 0.1) is 6.10 Å². The van der Waals surface area contributed by atoms with Gasteiger partial charge in [-0.3, -0.25) is 0 Å². The molecule has 1 atom stereocenters. The Morgan fingerprint density at radius 1 is 0.500 bits per heavy atom. The van der Waals surface area contributed by atoms with Gasteiger partial charge in [-0.15, -0.1) is 0 Å². The molecule has 0 aliphatic carbocycles. The summed E-state index contributed by atoms with van der Waals surface area (Å²) >= 11 is -1.73. The van der Waals surface area contributed by atoms with Crippen molar-refractivity contribution in [2.45, 2.75) is 74.8 Å². The van der Waals surface area contributed by atoms with Gasteiger partial charge in [0, 0.05) is 151 Å². The Morgan fingerprint density at radius 2 is 0.630 bits per heavy atom. The van der Waals surface area contributed by atoms with Gasteiger partial charge in [0.2, 0.25) is 0 Å². The molecule has 0 aromatic heterocycles. The van der Waals surface area contributed by atoms with Gasteiger partial charge in [-0.25, -0.2) is 0 Å². The van der Waals surface area contributed by atoms with Crippen LogP contribution in [0.15, 0.2) is 0 Å². The molecule has 1 unspecified atom stereocenters. The quantitative estimate of drug-likeness (QED) is 0.127. The van der Waals surface area contributed by atoms with Gasteiger partial charge >= 0.3 is 24.2 Å². The van der Waals surface area contributed by atoms with Crippen molar-refractivity contribution in [3.8, 4) is 0 Å². The topological polar surface area (TPSA) is 247 Å². The zero-order valence-electron chi connectivity index (χ0n) is 32.2. The van der Waals surface area contributed by atoms with Crippen LogP contribution in [0, 0.1) is 0 Å². The first-order chi connectivity index (χ1) is 21.0. The molecule has 0 rings (SSSR count). The molecule has 20 heteroatoms.